The summed E-state index contributed by atoms with van der Waals surface area (Å²) in [5, 5.41) is 8.52. The number of ether oxygens (including phenoxy) is 1. The molecule has 7 heteroatoms. The Morgan fingerprint density at radius 2 is 1.63 bits per heavy atom. The third-order valence-electron chi connectivity index (χ3n) is 4.47. The lowest BCUT2D eigenvalue weighted by Crippen LogP contribution is -2.12. The molecule has 4 rings (SSSR count). The summed E-state index contributed by atoms with van der Waals surface area (Å²) in [4.78, 5) is 26.3. The van der Waals surface area contributed by atoms with Gasteiger partial charge in [-0.2, -0.15) is 0 Å². The first kappa shape index (κ1) is 21.1. The minimum Gasteiger partial charge on any atom is -0.469 e. The van der Waals surface area contributed by atoms with Crippen molar-refractivity contribution < 1.29 is 14.3 Å². The van der Waals surface area contributed by atoms with Crippen molar-refractivity contribution in [3.05, 3.63) is 77.4 Å². The van der Waals surface area contributed by atoms with Gasteiger partial charge < -0.3 is 9.53 Å². The average molecular weight is 404 g/mol. The van der Waals surface area contributed by atoms with Crippen molar-refractivity contribution in [3.63, 3.8) is 0 Å². The highest BCUT2D eigenvalue weighted by atomic mass is 16.5. The van der Waals surface area contributed by atoms with Crippen LogP contribution in [0.2, 0.25) is 0 Å². The lowest BCUT2D eigenvalue weighted by molar-refractivity contribution is -0.141. The van der Waals surface area contributed by atoms with Crippen LogP contribution in [0.4, 0.5) is 0 Å². The first-order chi connectivity index (χ1) is 14.4. The predicted octanol–water partition coefficient (Wildman–Crippen LogP) is 3.63. The van der Waals surface area contributed by atoms with Crippen LogP contribution in [0.1, 0.15) is 49.1 Å². The number of carbonyl (C=O) groups excluding carboxylic acids is 2. The second-order valence-corrected chi connectivity index (χ2v) is 7.01. The number of aryl methyl sites for hydroxylation is 1. The van der Waals surface area contributed by atoms with E-state index in [4.69, 9.17) is 9.73 Å². The number of hydrogen-bond donors (Lipinski definition) is 0. The Labute approximate surface area is 175 Å². The number of ketones is 1. The summed E-state index contributed by atoms with van der Waals surface area (Å²) in [6.07, 6.45) is 0.110. The molecule has 0 aliphatic carbocycles. The van der Waals surface area contributed by atoms with E-state index in [9.17, 15) is 9.59 Å². The Bertz CT molecular complexity index is 1080. The maximum absolute atomic E-state index is 12.0. The number of esters is 1. The maximum atomic E-state index is 12.0. The Kier molecular flexibility index (Phi) is 6.51. The zero-order valence-corrected chi connectivity index (χ0v) is 17.5. The van der Waals surface area contributed by atoms with Crippen molar-refractivity contribution in [3.8, 4) is 5.69 Å². The van der Waals surface area contributed by atoms with Crippen LogP contribution in [-0.4, -0.2) is 39.3 Å². The largest absolute Gasteiger partial charge is 0.469 e. The van der Waals surface area contributed by atoms with Gasteiger partial charge in [-0.15, -0.1) is 10.2 Å². The number of aromatic nitrogens is 3. The van der Waals surface area contributed by atoms with Crippen LogP contribution in [0, 0.1) is 6.92 Å². The van der Waals surface area contributed by atoms with Gasteiger partial charge in [-0.05, 0) is 26.8 Å². The summed E-state index contributed by atoms with van der Waals surface area (Å²) in [6, 6.07) is 17.5. The van der Waals surface area contributed by atoms with Gasteiger partial charge >= 0.3 is 5.97 Å². The number of para-hydroxylation sites is 1. The Balaban J connectivity index is 0.000000589. The van der Waals surface area contributed by atoms with E-state index in [2.05, 4.69) is 10.2 Å². The van der Waals surface area contributed by atoms with E-state index in [1.165, 1.54) is 21.0 Å². The second-order valence-electron chi connectivity index (χ2n) is 7.01. The highest BCUT2D eigenvalue weighted by molar-refractivity contribution is 6.15. The number of aliphatic imine (C=N–C) groups is 1. The van der Waals surface area contributed by atoms with Gasteiger partial charge in [0.05, 0.1) is 24.9 Å². The molecule has 0 fully saturated rings. The van der Waals surface area contributed by atoms with Crippen LogP contribution in [0.3, 0.4) is 0 Å². The predicted molar refractivity (Wildman–Crippen MR) is 114 cm³/mol. The van der Waals surface area contributed by atoms with Crippen LogP contribution in [0.5, 0.6) is 0 Å². The molecule has 0 N–H and O–H groups in total. The molecule has 1 aliphatic heterocycles. The Morgan fingerprint density at radius 3 is 2.30 bits per heavy atom. The normalized spacial score (nSPS) is 14.3. The van der Waals surface area contributed by atoms with Crippen molar-refractivity contribution >= 4 is 17.5 Å². The first-order valence-corrected chi connectivity index (χ1v) is 9.61. The van der Waals surface area contributed by atoms with Crippen molar-refractivity contribution in [1.29, 1.82) is 0 Å². The minimum absolute atomic E-state index is 0.110. The molecule has 1 aromatic heterocycles. The fourth-order valence-corrected chi connectivity index (χ4v) is 3.25. The zero-order valence-electron chi connectivity index (χ0n) is 17.5. The molecule has 7 nitrogen and oxygen atoms in total. The maximum Gasteiger partial charge on any atom is 0.308 e. The van der Waals surface area contributed by atoms with Crippen LogP contribution in [-0.2, 0) is 14.3 Å². The quantitative estimate of drug-likeness (QED) is 0.622. The molecule has 0 saturated heterocycles. The van der Waals surface area contributed by atoms with E-state index in [0.29, 0.717) is 5.82 Å². The van der Waals surface area contributed by atoms with Gasteiger partial charge in [-0.1, -0.05) is 48.5 Å². The molecule has 0 spiro atoms. The molecular weight excluding hydrogens is 380 g/mol. The van der Waals surface area contributed by atoms with Crippen LogP contribution in [0.15, 0.2) is 59.6 Å². The molecule has 0 bridgehead atoms. The van der Waals surface area contributed by atoms with E-state index in [1.54, 1.807) is 0 Å². The van der Waals surface area contributed by atoms with E-state index >= 15 is 0 Å². The van der Waals surface area contributed by atoms with E-state index in [0.717, 1.165) is 28.4 Å². The van der Waals surface area contributed by atoms with Gasteiger partial charge in [0.15, 0.2) is 5.82 Å². The van der Waals surface area contributed by atoms with Gasteiger partial charge in [0.25, 0.3) is 0 Å². The average Bonchev–Trinajstić information content (AvgIpc) is 3.05. The summed E-state index contributed by atoms with van der Waals surface area (Å²) < 4.78 is 6.84. The molecule has 154 valence electrons. The molecule has 2 heterocycles. The van der Waals surface area contributed by atoms with Crippen molar-refractivity contribution in [2.45, 2.75) is 33.2 Å². The third kappa shape index (κ3) is 4.51. The summed E-state index contributed by atoms with van der Waals surface area (Å²) in [5.74, 6) is 1.24. The number of carbonyl (C=O) groups is 2. The van der Waals surface area contributed by atoms with Gasteiger partial charge in [0, 0.05) is 11.1 Å². The van der Waals surface area contributed by atoms with Crippen LogP contribution in [0.25, 0.3) is 5.69 Å². The molecule has 3 aromatic rings. The first-order valence-electron chi connectivity index (χ1n) is 9.61. The summed E-state index contributed by atoms with van der Waals surface area (Å²) in [5.41, 5.74) is 3.77. The van der Waals surface area contributed by atoms with E-state index < -0.39 is 6.04 Å². The Hall–Kier alpha value is -3.61. The SMILES string of the molecule is CC(C)=O.COC(=O)C[C@@H]1N=C(c2ccccc2)c2ccccc2-n2c(C)nnc21. The van der Waals surface area contributed by atoms with Crippen LogP contribution < -0.4 is 0 Å². The minimum atomic E-state index is -0.466. The smallest absolute Gasteiger partial charge is 0.308 e. The lowest BCUT2D eigenvalue weighted by atomic mass is 10.0. The number of rotatable bonds is 3. The molecule has 2 aromatic carbocycles. The van der Waals surface area contributed by atoms with E-state index in [-0.39, 0.29) is 18.2 Å². The van der Waals surface area contributed by atoms with Gasteiger partial charge in [-0.3, -0.25) is 14.4 Å². The summed E-state index contributed by atoms with van der Waals surface area (Å²) in [7, 11) is 1.38. The molecule has 1 atom stereocenters. The molecule has 1 aliphatic rings. The van der Waals surface area contributed by atoms with E-state index in [1.807, 2.05) is 66.1 Å². The second kappa shape index (κ2) is 9.26. The number of benzene rings is 2. The fraction of sp³-hybridized carbons (Fsp3) is 0.261. The van der Waals surface area contributed by atoms with Gasteiger partial charge in [0.2, 0.25) is 0 Å². The van der Waals surface area contributed by atoms with Gasteiger partial charge in [-0.25, -0.2) is 0 Å². The van der Waals surface area contributed by atoms with Crippen molar-refractivity contribution in [1.82, 2.24) is 14.8 Å². The third-order valence-corrected chi connectivity index (χ3v) is 4.47. The fourth-order valence-electron chi connectivity index (χ4n) is 3.25. The molecule has 0 saturated carbocycles. The van der Waals surface area contributed by atoms with Gasteiger partial charge in [0.1, 0.15) is 17.6 Å². The number of fused-ring (bicyclic) bond motifs is 3. The highest BCUT2D eigenvalue weighted by Gasteiger charge is 2.29. The summed E-state index contributed by atoms with van der Waals surface area (Å²) >= 11 is 0. The summed E-state index contributed by atoms with van der Waals surface area (Å²) in [6.45, 7) is 4.95. The number of methoxy groups -OCH3 is 1. The highest BCUT2D eigenvalue weighted by Crippen LogP contribution is 2.32. The Morgan fingerprint density at radius 1 is 1.00 bits per heavy atom. The monoisotopic (exact) mass is 404 g/mol. The molecule has 0 unspecified atom stereocenters. The number of nitrogens with zero attached hydrogens (tertiary/aromatic N) is 4. The number of Topliss-reactive ketones (excluding diaryl/α,β-unsaturated/α-hetero) is 1. The van der Waals surface area contributed by atoms with Crippen molar-refractivity contribution in [2.24, 2.45) is 4.99 Å². The van der Waals surface area contributed by atoms with Crippen LogP contribution >= 0.6 is 0 Å². The number of hydrogen-bond acceptors (Lipinski definition) is 6. The lowest BCUT2D eigenvalue weighted by Gasteiger charge is -2.12. The topological polar surface area (TPSA) is 86.4 Å². The zero-order chi connectivity index (χ0) is 21.7. The molecule has 30 heavy (non-hydrogen) atoms. The molecule has 0 radical (unpaired) electrons. The standard InChI is InChI=1S/C20H18N4O2.C3H6O/c1-13-22-23-20-16(12-18(25)26-2)21-19(14-8-4-3-5-9-14)15-10-6-7-11-17(15)24(13)20;1-3(2)4/h3-11,16H,12H2,1-2H3;1-2H3/t16-;/m0./s1. The molecular formula is C23H24N4O3. The molecule has 0 amide bonds. The van der Waals surface area contributed by atoms with Crippen molar-refractivity contribution in [2.75, 3.05) is 7.11 Å².